The number of carbonyl (C=O) groups is 2. The summed E-state index contributed by atoms with van der Waals surface area (Å²) in [7, 11) is 1.35. The van der Waals surface area contributed by atoms with E-state index in [1.54, 1.807) is 35.0 Å². The van der Waals surface area contributed by atoms with Gasteiger partial charge in [-0.25, -0.2) is 0 Å². The van der Waals surface area contributed by atoms with Crippen LogP contribution >= 0.6 is 23.2 Å². The van der Waals surface area contributed by atoms with Gasteiger partial charge in [0, 0.05) is 23.7 Å². The topological polar surface area (TPSA) is 111 Å². The predicted molar refractivity (Wildman–Crippen MR) is 128 cm³/mol. The minimum Gasteiger partial charge on any atom is -0.468 e. The highest BCUT2D eigenvalue weighted by Gasteiger charge is 2.25. The van der Waals surface area contributed by atoms with E-state index in [2.05, 4.69) is 15.7 Å². The average molecular weight is 488 g/mol. The molecule has 2 heterocycles. The van der Waals surface area contributed by atoms with Gasteiger partial charge in [0.2, 0.25) is 0 Å². The van der Waals surface area contributed by atoms with E-state index in [9.17, 15) is 9.59 Å². The lowest BCUT2D eigenvalue weighted by Crippen LogP contribution is -2.32. The lowest BCUT2D eigenvalue weighted by atomic mass is 10.0. The second-order valence-corrected chi connectivity index (χ2v) is 8.42. The molecule has 0 saturated carbocycles. The van der Waals surface area contributed by atoms with E-state index in [0.29, 0.717) is 39.1 Å². The number of nitrogens with zero attached hydrogens (tertiary/aromatic N) is 2. The van der Waals surface area contributed by atoms with Gasteiger partial charge in [0.05, 0.1) is 40.8 Å². The van der Waals surface area contributed by atoms with Gasteiger partial charge in [-0.1, -0.05) is 47.5 Å². The number of rotatable bonds is 6. The number of nitrogen functional groups attached to an aromatic ring is 1. The largest absolute Gasteiger partial charge is 0.468 e. The van der Waals surface area contributed by atoms with E-state index in [-0.39, 0.29) is 30.2 Å². The maximum absolute atomic E-state index is 13.0. The van der Waals surface area contributed by atoms with E-state index in [0.717, 1.165) is 18.5 Å². The molecule has 1 aliphatic rings. The van der Waals surface area contributed by atoms with Crippen molar-refractivity contribution in [3.05, 3.63) is 63.9 Å². The van der Waals surface area contributed by atoms with Crippen LogP contribution in [0.4, 0.5) is 11.4 Å². The second-order valence-electron chi connectivity index (χ2n) is 7.66. The van der Waals surface area contributed by atoms with Gasteiger partial charge in [-0.2, -0.15) is 5.10 Å². The Hall–Kier alpha value is -3.07. The second kappa shape index (κ2) is 9.82. The molecule has 1 atom stereocenters. The first kappa shape index (κ1) is 23.1. The molecule has 33 heavy (non-hydrogen) atoms. The van der Waals surface area contributed by atoms with Crippen molar-refractivity contribution in [3.63, 3.8) is 0 Å². The maximum Gasteiger partial charge on any atom is 0.319 e. The fourth-order valence-corrected chi connectivity index (χ4v) is 4.36. The van der Waals surface area contributed by atoms with Crippen molar-refractivity contribution in [1.29, 1.82) is 0 Å². The summed E-state index contributed by atoms with van der Waals surface area (Å²) >= 11 is 13.0. The molecule has 0 bridgehead atoms. The van der Waals surface area contributed by atoms with Crippen molar-refractivity contribution in [1.82, 2.24) is 15.1 Å². The highest BCUT2D eigenvalue weighted by Crippen LogP contribution is 2.39. The Morgan fingerprint density at radius 1 is 1.18 bits per heavy atom. The Balaban J connectivity index is 1.56. The van der Waals surface area contributed by atoms with Gasteiger partial charge < -0.3 is 15.8 Å². The van der Waals surface area contributed by atoms with Crippen molar-refractivity contribution < 1.29 is 14.3 Å². The molecule has 0 fully saturated rings. The molecule has 8 nitrogen and oxygen atoms in total. The zero-order chi connectivity index (χ0) is 23.5. The van der Waals surface area contributed by atoms with Crippen LogP contribution in [0, 0.1) is 0 Å². The molecular weight excluding hydrogens is 465 g/mol. The van der Waals surface area contributed by atoms with Gasteiger partial charge in [0.1, 0.15) is 0 Å². The average Bonchev–Trinajstić information content (AvgIpc) is 3.26. The van der Waals surface area contributed by atoms with Crippen molar-refractivity contribution in [2.75, 3.05) is 24.7 Å². The van der Waals surface area contributed by atoms with Gasteiger partial charge in [-0.3, -0.25) is 19.6 Å². The SMILES string of the molecule is COC(=O)CN[C@@H]1CCCn2nc(C(=O)Nc3cccc(-c4cccc(N)c4Cl)c3Cl)cc21. The predicted octanol–water partition coefficient (Wildman–Crippen LogP) is 4.29. The lowest BCUT2D eigenvalue weighted by Gasteiger charge is -2.24. The summed E-state index contributed by atoms with van der Waals surface area (Å²) < 4.78 is 6.48. The number of methoxy groups -OCH3 is 1. The first-order chi connectivity index (χ1) is 15.9. The molecule has 172 valence electrons. The number of amides is 1. The van der Waals surface area contributed by atoms with E-state index in [1.165, 1.54) is 7.11 Å². The fourth-order valence-electron chi connectivity index (χ4n) is 3.86. The van der Waals surface area contributed by atoms with Crippen LogP contribution in [0.1, 0.15) is 35.1 Å². The third-order valence-corrected chi connectivity index (χ3v) is 6.38. The molecule has 0 spiro atoms. The number of hydrogen-bond acceptors (Lipinski definition) is 6. The summed E-state index contributed by atoms with van der Waals surface area (Å²) in [5.74, 6) is -0.735. The summed E-state index contributed by atoms with van der Waals surface area (Å²) in [5, 5.41) is 11.2. The molecule has 1 aliphatic heterocycles. The van der Waals surface area contributed by atoms with Crippen LogP contribution in [0.5, 0.6) is 0 Å². The summed E-state index contributed by atoms with van der Waals surface area (Å²) in [4.78, 5) is 24.5. The number of benzene rings is 2. The van der Waals surface area contributed by atoms with Crippen molar-refractivity contribution >= 4 is 46.5 Å². The van der Waals surface area contributed by atoms with Gasteiger partial charge >= 0.3 is 5.97 Å². The van der Waals surface area contributed by atoms with Crippen LogP contribution in [0.15, 0.2) is 42.5 Å². The van der Waals surface area contributed by atoms with Crippen LogP contribution in [-0.2, 0) is 16.1 Å². The zero-order valence-corrected chi connectivity index (χ0v) is 19.4. The Labute approximate surface area is 201 Å². The Morgan fingerprint density at radius 2 is 1.91 bits per heavy atom. The number of carbonyl (C=O) groups excluding carboxylic acids is 2. The normalized spacial score (nSPS) is 15.1. The molecule has 4 N–H and O–H groups in total. The maximum atomic E-state index is 13.0. The molecule has 0 aliphatic carbocycles. The number of hydrogen-bond donors (Lipinski definition) is 3. The van der Waals surface area contributed by atoms with Crippen LogP contribution in [-0.4, -0.2) is 35.3 Å². The lowest BCUT2D eigenvalue weighted by molar-refractivity contribution is -0.139. The number of ether oxygens (including phenoxy) is 1. The number of nitrogens with one attached hydrogen (secondary N) is 2. The summed E-state index contributed by atoms with van der Waals surface area (Å²) in [6.45, 7) is 0.784. The Bertz CT molecular complexity index is 1210. The van der Waals surface area contributed by atoms with Crippen molar-refractivity contribution in [3.8, 4) is 11.1 Å². The van der Waals surface area contributed by atoms with E-state index in [1.807, 2.05) is 12.1 Å². The first-order valence-corrected chi connectivity index (χ1v) is 11.2. The highest BCUT2D eigenvalue weighted by molar-refractivity contribution is 6.39. The fraction of sp³-hybridized carbons (Fsp3) is 0.261. The number of esters is 1. The number of aromatic nitrogens is 2. The molecule has 4 rings (SSSR count). The summed E-state index contributed by atoms with van der Waals surface area (Å²) in [5.41, 5.74) is 9.24. The molecule has 1 aromatic heterocycles. The number of nitrogens with two attached hydrogens (primary N) is 1. The molecule has 0 radical (unpaired) electrons. The number of aryl methyl sites for hydroxylation is 1. The monoisotopic (exact) mass is 487 g/mol. The molecule has 0 saturated heterocycles. The van der Waals surface area contributed by atoms with Gasteiger partial charge in [0.15, 0.2) is 5.69 Å². The summed E-state index contributed by atoms with van der Waals surface area (Å²) in [6.07, 6.45) is 1.71. The van der Waals surface area contributed by atoms with Crippen LogP contribution in [0.2, 0.25) is 10.0 Å². The highest BCUT2D eigenvalue weighted by atomic mass is 35.5. The van der Waals surface area contributed by atoms with Crippen molar-refractivity contribution in [2.45, 2.75) is 25.4 Å². The van der Waals surface area contributed by atoms with Gasteiger partial charge in [-0.15, -0.1) is 0 Å². The van der Waals surface area contributed by atoms with E-state index < -0.39 is 0 Å². The Morgan fingerprint density at radius 3 is 2.67 bits per heavy atom. The number of halogens is 2. The molecule has 3 aromatic rings. The molecular formula is C23H23Cl2N5O3. The molecule has 0 unspecified atom stereocenters. The van der Waals surface area contributed by atoms with Crippen LogP contribution in [0.25, 0.3) is 11.1 Å². The van der Waals surface area contributed by atoms with Gasteiger partial charge in [-0.05, 0) is 31.0 Å². The van der Waals surface area contributed by atoms with Crippen molar-refractivity contribution in [2.24, 2.45) is 0 Å². The number of fused-ring (bicyclic) bond motifs is 1. The third kappa shape index (κ3) is 4.83. The Kier molecular flexibility index (Phi) is 6.88. The van der Waals surface area contributed by atoms with Gasteiger partial charge in [0.25, 0.3) is 5.91 Å². The number of anilines is 2. The molecule has 1 amide bonds. The molecule has 10 heteroatoms. The van der Waals surface area contributed by atoms with E-state index in [4.69, 9.17) is 33.7 Å². The third-order valence-electron chi connectivity index (χ3n) is 5.55. The van der Waals surface area contributed by atoms with E-state index >= 15 is 0 Å². The minimum absolute atomic E-state index is 0.0861. The first-order valence-electron chi connectivity index (χ1n) is 10.4. The summed E-state index contributed by atoms with van der Waals surface area (Å²) in [6, 6.07) is 12.3. The standard InChI is InChI=1S/C23H23Cl2N5O3/c1-33-20(31)12-27-16-9-4-10-30-19(16)11-18(29-30)23(32)28-17-8-3-6-14(22(17)25)13-5-2-7-15(26)21(13)24/h2-3,5-8,11,16,27H,4,9-10,12,26H2,1H3,(H,28,32)/t16-/m1/s1. The quantitative estimate of drug-likeness (QED) is 0.353. The smallest absolute Gasteiger partial charge is 0.319 e. The molecule has 2 aromatic carbocycles. The van der Waals surface area contributed by atoms with Crippen LogP contribution < -0.4 is 16.4 Å². The minimum atomic E-state index is -0.388. The van der Waals surface area contributed by atoms with Crippen LogP contribution in [0.3, 0.4) is 0 Å². The zero-order valence-electron chi connectivity index (χ0n) is 17.9.